The molecule has 0 N–H and O–H groups in total. The zero-order valence-corrected chi connectivity index (χ0v) is 14.7. The molecule has 0 bridgehead atoms. The molecule has 0 unspecified atom stereocenters. The van der Waals surface area contributed by atoms with Crippen molar-refractivity contribution in [3.63, 3.8) is 0 Å². The van der Waals surface area contributed by atoms with Gasteiger partial charge in [0, 0.05) is 0 Å². The van der Waals surface area contributed by atoms with E-state index in [-0.39, 0.29) is 16.7 Å². The van der Waals surface area contributed by atoms with Gasteiger partial charge in [-0.2, -0.15) is 17.1 Å². The Bertz CT molecular complexity index is 1190. The van der Waals surface area contributed by atoms with E-state index in [9.17, 15) is 26.4 Å². The number of aromatic nitrogens is 2. The van der Waals surface area contributed by atoms with Crippen LogP contribution in [0, 0.1) is 6.92 Å². The van der Waals surface area contributed by atoms with Gasteiger partial charge in [-0.05, 0) is 37.3 Å². The fraction of sp³-hybridized carbons (Fsp3) is 0.125. The average molecular weight is 403 g/mol. The summed E-state index contributed by atoms with van der Waals surface area (Å²) in [7, 11) is -4.61. The minimum atomic E-state index is -4.84. The molecule has 3 aromatic rings. The van der Waals surface area contributed by atoms with Crippen LogP contribution in [0.15, 0.2) is 52.2 Å². The highest BCUT2D eigenvalue weighted by atomic mass is 35.5. The van der Waals surface area contributed by atoms with Gasteiger partial charge in [-0.1, -0.05) is 23.7 Å². The highest BCUT2D eigenvalue weighted by Crippen LogP contribution is 2.36. The summed E-state index contributed by atoms with van der Waals surface area (Å²) in [6.45, 7) is 1.28. The molecule has 3 rings (SSSR count). The molecule has 1 aromatic heterocycles. The van der Waals surface area contributed by atoms with Gasteiger partial charge in [0.2, 0.25) is 0 Å². The Balaban J connectivity index is 2.31. The second kappa shape index (κ2) is 6.10. The zero-order chi connectivity index (χ0) is 19.3. The van der Waals surface area contributed by atoms with Crippen molar-refractivity contribution in [3.05, 3.63) is 69.2 Å². The van der Waals surface area contributed by atoms with Crippen LogP contribution in [0.4, 0.5) is 13.2 Å². The van der Waals surface area contributed by atoms with Gasteiger partial charge >= 0.3 is 6.18 Å². The summed E-state index contributed by atoms with van der Waals surface area (Å²) in [5.74, 6) is -0.169. The molecule has 0 aliphatic rings. The Hall–Kier alpha value is -2.39. The maximum atomic E-state index is 13.0. The highest BCUT2D eigenvalue weighted by Gasteiger charge is 2.35. The van der Waals surface area contributed by atoms with Crippen molar-refractivity contribution in [2.24, 2.45) is 0 Å². The Morgan fingerprint density at radius 2 is 1.77 bits per heavy atom. The lowest BCUT2D eigenvalue weighted by molar-refractivity contribution is -0.137. The van der Waals surface area contributed by atoms with E-state index in [1.807, 2.05) is 0 Å². The minimum Gasteiger partial charge on any atom is -0.267 e. The van der Waals surface area contributed by atoms with Gasteiger partial charge in [-0.25, -0.2) is 13.4 Å². The Morgan fingerprint density at radius 3 is 2.42 bits per heavy atom. The molecule has 10 heteroatoms. The molecule has 0 aliphatic heterocycles. The van der Waals surface area contributed by atoms with Crippen LogP contribution < -0.4 is 5.56 Å². The zero-order valence-electron chi connectivity index (χ0n) is 13.1. The molecule has 0 saturated carbocycles. The number of benzene rings is 2. The van der Waals surface area contributed by atoms with Gasteiger partial charge in [0.1, 0.15) is 5.82 Å². The van der Waals surface area contributed by atoms with Gasteiger partial charge in [0.05, 0.1) is 26.4 Å². The van der Waals surface area contributed by atoms with E-state index < -0.39 is 37.2 Å². The number of fused-ring (bicyclic) bond motifs is 1. The Morgan fingerprint density at radius 1 is 1.12 bits per heavy atom. The molecule has 0 fully saturated rings. The SMILES string of the molecule is Cc1nc2ccccc2c(=O)n1S(=O)(=O)c1ccc(Cl)c(C(F)(F)F)c1. The quantitative estimate of drug-likeness (QED) is 0.656. The first-order valence-electron chi connectivity index (χ1n) is 7.14. The molecule has 5 nitrogen and oxygen atoms in total. The Kier molecular flexibility index (Phi) is 4.32. The third-order valence-corrected chi connectivity index (χ3v) is 5.77. The number of aryl methyl sites for hydroxylation is 1. The second-order valence-corrected chi connectivity index (χ2v) is 7.58. The lowest BCUT2D eigenvalue weighted by Crippen LogP contribution is -2.30. The highest BCUT2D eigenvalue weighted by molar-refractivity contribution is 7.90. The van der Waals surface area contributed by atoms with E-state index in [0.29, 0.717) is 10.0 Å². The third-order valence-electron chi connectivity index (χ3n) is 3.68. The number of rotatable bonds is 2. The molecule has 0 spiro atoms. The van der Waals surface area contributed by atoms with Crippen molar-refractivity contribution in [1.82, 2.24) is 8.96 Å². The van der Waals surface area contributed by atoms with Crippen LogP contribution in [0.25, 0.3) is 10.9 Å². The van der Waals surface area contributed by atoms with Crippen molar-refractivity contribution in [2.45, 2.75) is 18.0 Å². The van der Waals surface area contributed by atoms with Gasteiger partial charge in [-0.15, -0.1) is 0 Å². The van der Waals surface area contributed by atoms with Crippen LogP contribution in [0.3, 0.4) is 0 Å². The lowest BCUT2D eigenvalue weighted by Gasteiger charge is -2.14. The number of halogens is 4. The first kappa shape index (κ1) is 18.4. The number of hydrogen-bond acceptors (Lipinski definition) is 4. The van der Waals surface area contributed by atoms with Crippen molar-refractivity contribution in [1.29, 1.82) is 0 Å². The molecule has 0 radical (unpaired) electrons. The smallest absolute Gasteiger partial charge is 0.267 e. The van der Waals surface area contributed by atoms with E-state index in [2.05, 4.69) is 4.98 Å². The summed E-state index contributed by atoms with van der Waals surface area (Å²) in [4.78, 5) is 16.0. The summed E-state index contributed by atoms with van der Waals surface area (Å²) < 4.78 is 65.1. The van der Waals surface area contributed by atoms with Crippen LogP contribution >= 0.6 is 11.6 Å². The van der Waals surface area contributed by atoms with Gasteiger partial charge in [0.15, 0.2) is 0 Å². The fourth-order valence-electron chi connectivity index (χ4n) is 2.50. The molecular formula is C16H10ClF3N2O3S. The van der Waals surface area contributed by atoms with E-state index in [1.165, 1.54) is 25.1 Å². The summed E-state index contributed by atoms with van der Waals surface area (Å²) in [5, 5.41) is -0.608. The summed E-state index contributed by atoms with van der Waals surface area (Å²) in [5.41, 5.74) is -1.91. The second-order valence-electron chi connectivity index (χ2n) is 5.39. The summed E-state index contributed by atoms with van der Waals surface area (Å²) in [6.07, 6.45) is -4.84. The largest absolute Gasteiger partial charge is 0.417 e. The molecule has 136 valence electrons. The van der Waals surface area contributed by atoms with E-state index in [0.717, 1.165) is 12.1 Å². The van der Waals surface area contributed by atoms with Crippen molar-refractivity contribution in [2.75, 3.05) is 0 Å². The number of para-hydroxylation sites is 1. The average Bonchev–Trinajstić information content (AvgIpc) is 2.53. The van der Waals surface area contributed by atoms with Crippen LogP contribution in [0.1, 0.15) is 11.4 Å². The molecule has 0 aliphatic carbocycles. The number of hydrogen-bond donors (Lipinski definition) is 0. The van der Waals surface area contributed by atoms with Gasteiger partial charge in [-0.3, -0.25) is 4.79 Å². The standard InChI is InChI=1S/C16H10ClF3N2O3S/c1-9-21-14-5-3-2-4-11(14)15(23)22(9)26(24,25)10-6-7-13(17)12(8-10)16(18,19)20/h2-8H,1H3. The molecular weight excluding hydrogens is 393 g/mol. The molecule has 0 saturated heterocycles. The fourth-order valence-corrected chi connectivity index (χ4v) is 4.15. The predicted molar refractivity (Wildman–Crippen MR) is 89.8 cm³/mol. The molecule has 2 aromatic carbocycles. The van der Waals surface area contributed by atoms with Gasteiger partial charge < -0.3 is 0 Å². The van der Waals surface area contributed by atoms with Crippen molar-refractivity contribution >= 4 is 32.5 Å². The molecule has 1 heterocycles. The van der Waals surface area contributed by atoms with Crippen molar-refractivity contribution in [3.8, 4) is 0 Å². The predicted octanol–water partition coefficient (Wildman–Crippen LogP) is 3.61. The van der Waals surface area contributed by atoms with E-state index in [1.54, 1.807) is 6.07 Å². The van der Waals surface area contributed by atoms with Crippen LogP contribution in [-0.2, 0) is 16.2 Å². The van der Waals surface area contributed by atoms with Crippen molar-refractivity contribution < 1.29 is 21.6 Å². The monoisotopic (exact) mass is 402 g/mol. The summed E-state index contributed by atoms with van der Waals surface area (Å²) >= 11 is 5.52. The van der Waals surface area contributed by atoms with Crippen LogP contribution in [0.5, 0.6) is 0 Å². The molecule has 26 heavy (non-hydrogen) atoms. The maximum Gasteiger partial charge on any atom is 0.417 e. The number of alkyl halides is 3. The third kappa shape index (κ3) is 2.97. The van der Waals surface area contributed by atoms with Crippen LogP contribution in [-0.4, -0.2) is 17.4 Å². The normalized spacial score (nSPS) is 12.5. The minimum absolute atomic E-state index is 0.0340. The first-order chi connectivity index (χ1) is 12.0. The number of nitrogens with zero attached hydrogens (tertiary/aromatic N) is 2. The van der Waals surface area contributed by atoms with E-state index >= 15 is 0 Å². The van der Waals surface area contributed by atoms with E-state index in [4.69, 9.17) is 11.6 Å². The van der Waals surface area contributed by atoms with Crippen LogP contribution in [0.2, 0.25) is 5.02 Å². The maximum absolute atomic E-state index is 13.0. The molecule has 0 atom stereocenters. The first-order valence-corrected chi connectivity index (χ1v) is 8.96. The molecule has 0 amide bonds. The topological polar surface area (TPSA) is 69.0 Å². The van der Waals surface area contributed by atoms with Gasteiger partial charge in [0.25, 0.3) is 15.6 Å². The lowest BCUT2D eigenvalue weighted by atomic mass is 10.2. The Labute approximate surface area is 150 Å². The summed E-state index contributed by atoms with van der Waals surface area (Å²) in [6, 6.07) is 8.21.